The van der Waals surface area contributed by atoms with Crippen molar-refractivity contribution < 1.29 is 33.6 Å². The Labute approximate surface area is 40.7 Å². The number of hydrogen-bond acceptors (Lipinski definition) is 2. The normalized spacial score (nSPS) is 3.60. The van der Waals surface area contributed by atoms with Gasteiger partial charge in [0, 0.05) is 0 Å². The monoisotopic (exact) mass is 109 g/mol. The number of aliphatic hydroxyl groups excluding tert-OH is 1. The summed E-state index contributed by atoms with van der Waals surface area (Å²) >= 11 is 0.750. The second-order valence-corrected chi connectivity index (χ2v) is 0.0913. The van der Waals surface area contributed by atoms with Crippen LogP contribution in [0.25, 0.3) is 0 Å². The van der Waals surface area contributed by atoms with Gasteiger partial charge in [-0.2, -0.15) is 0 Å². The van der Waals surface area contributed by atoms with Gasteiger partial charge in [0.05, 0.1) is 0 Å². The summed E-state index contributed by atoms with van der Waals surface area (Å²) in [6, 6.07) is 0. The maximum atomic E-state index is 8.25. The molecule has 0 rings (SSSR count). The van der Waals surface area contributed by atoms with Gasteiger partial charge >= 0.3 is 23.7 Å². The first-order chi connectivity index (χ1) is 2.41. The molecule has 0 bridgehead atoms. The van der Waals surface area contributed by atoms with Gasteiger partial charge in [-0.3, -0.25) is 0 Å². The van der Waals surface area contributed by atoms with Crippen molar-refractivity contribution in [2.45, 2.75) is 0 Å². The van der Waals surface area contributed by atoms with E-state index in [1.807, 2.05) is 0 Å². The molecule has 0 radical (unpaired) electrons. The Hall–Kier alpha value is -0.0157. The van der Waals surface area contributed by atoms with E-state index in [1.165, 1.54) is 0 Å². The molecule has 1 N–H and O–H groups in total. The van der Waals surface area contributed by atoms with E-state index in [9.17, 15) is 0 Å². The Balaban J connectivity index is 0. The van der Waals surface area contributed by atoms with Gasteiger partial charge in [0.2, 0.25) is 0 Å². The zero-order valence-corrected chi connectivity index (χ0v) is 3.83. The van der Waals surface area contributed by atoms with Crippen LogP contribution in [0.15, 0.2) is 0 Å². The van der Waals surface area contributed by atoms with Gasteiger partial charge in [-0.1, -0.05) is 6.47 Å². The molecule has 0 saturated heterocycles. The number of rotatable bonds is 0. The summed E-state index contributed by atoms with van der Waals surface area (Å²) in [6.45, 7) is 0.500. The van der Waals surface area contributed by atoms with Gasteiger partial charge in [0.15, 0.2) is 0 Å². The van der Waals surface area contributed by atoms with Crippen LogP contribution in [0.5, 0.6) is 0 Å². The average Bonchev–Trinajstić information content (AvgIpc) is 1.46. The van der Waals surface area contributed by atoms with Gasteiger partial charge in [-0.05, 0) is 0 Å². The standard InChI is InChI=1S/CHO2.O.Ti/c2-1-3;;/h(H,2,3);;/q-1;;+1. The van der Waals surface area contributed by atoms with E-state index in [-0.39, 0.29) is 0 Å². The molecule has 0 unspecified atom stereocenters. The maximum absolute atomic E-state index is 8.25. The molecule has 0 fully saturated rings. The van der Waals surface area contributed by atoms with Crippen LogP contribution < -0.4 is 0 Å². The molecular formula is CHO3Ti. The van der Waals surface area contributed by atoms with Gasteiger partial charge in [0.1, 0.15) is 0 Å². The van der Waals surface area contributed by atoms with Gasteiger partial charge in [-0.15, -0.1) is 0 Å². The first kappa shape index (κ1) is 8.88. The molecular weight excluding hydrogens is 108 g/mol. The minimum absolute atomic E-state index is 0.500. The molecule has 0 spiro atoms. The molecule has 0 aromatic rings. The van der Waals surface area contributed by atoms with Gasteiger partial charge < -0.3 is 9.90 Å². The fourth-order valence-electron chi connectivity index (χ4n) is 0. The van der Waals surface area contributed by atoms with Crippen molar-refractivity contribution in [2.24, 2.45) is 0 Å². The first-order valence-electron chi connectivity index (χ1n) is 0.632. The Kier molecular flexibility index (Phi) is 65.1. The molecule has 0 aliphatic rings. The third kappa shape index (κ3) is 63500. The quantitative estimate of drug-likeness (QED) is 0.336. The van der Waals surface area contributed by atoms with E-state index < -0.39 is 0 Å². The summed E-state index contributed by atoms with van der Waals surface area (Å²) in [6.07, 6.45) is 0. The first-order valence-corrected chi connectivity index (χ1v) is 1.27. The fourth-order valence-corrected chi connectivity index (χ4v) is 0. The van der Waals surface area contributed by atoms with Crippen molar-refractivity contribution in [1.82, 2.24) is 0 Å². The van der Waals surface area contributed by atoms with Crippen LogP contribution in [0.4, 0.5) is 0 Å². The summed E-state index contributed by atoms with van der Waals surface area (Å²) in [4.78, 5) is 8.24. The van der Waals surface area contributed by atoms with Gasteiger partial charge in [-0.25, -0.2) is 0 Å². The van der Waals surface area contributed by atoms with Gasteiger partial charge in [0.25, 0.3) is 0 Å². The van der Waals surface area contributed by atoms with Crippen LogP contribution >= 0.6 is 0 Å². The Morgan fingerprint density at radius 2 is 1.60 bits per heavy atom. The van der Waals surface area contributed by atoms with E-state index in [0.717, 1.165) is 20.4 Å². The summed E-state index contributed by atoms with van der Waals surface area (Å²) in [7, 11) is 0. The Morgan fingerprint density at radius 1 is 1.60 bits per heavy atom. The van der Waals surface area contributed by atoms with Crippen molar-refractivity contribution in [3.05, 3.63) is 0 Å². The van der Waals surface area contributed by atoms with E-state index >= 15 is 0 Å². The Bertz CT molecular complexity index is 20.9. The van der Waals surface area contributed by atoms with Crippen LogP contribution in [0.3, 0.4) is 0 Å². The van der Waals surface area contributed by atoms with Crippen LogP contribution in [0.2, 0.25) is 0 Å². The summed E-state index contributed by atoms with van der Waals surface area (Å²) in [5.74, 6) is 0. The van der Waals surface area contributed by atoms with E-state index in [4.69, 9.17) is 13.2 Å². The average molecular weight is 109 g/mol. The molecule has 4 heteroatoms. The molecule has 0 aliphatic carbocycles. The molecule has 3 nitrogen and oxygen atoms in total. The molecule has 0 amide bonds. The number of hydrogen-bond donors (Lipinski definition) is 1. The van der Waals surface area contributed by atoms with Crippen molar-refractivity contribution in [2.75, 3.05) is 0 Å². The van der Waals surface area contributed by atoms with Crippen molar-refractivity contribution in [3.8, 4) is 0 Å². The minimum atomic E-state index is 0.500. The zero-order valence-electron chi connectivity index (χ0n) is 2.26. The molecule has 0 atom stereocenters. The third-order valence-corrected chi connectivity index (χ3v) is 0. The molecule has 0 aromatic heterocycles. The third-order valence-electron chi connectivity index (χ3n) is 0. The zero-order chi connectivity index (χ0) is 4.71. The van der Waals surface area contributed by atoms with Crippen LogP contribution in [0, 0.1) is 0 Å². The van der Waals surface area contributed by atoms with Crippen LogP contribution in [-0.4, -0.2) is 11.6 Å². The molecule has 0 heterocycles. The molecule has 0 saturated carbocycles. The second-order valence-electron chi connectivity index (χ2n) is 0.0913. The van der Waals surface area contributed by atoms with Crippen LogP contribution in [0.1, 0.15) is 0 Å². The molecule has 0 aliphatic heterocycles. The van der Waals surface area contributed by atoms with Crippen molar-refractivity contribution in [3.63, 3.8) is 0 Å². The predicted octanol–water partition coefficient (Wildman–Crippen LogP) is -0.510. The summed E-state index contributed by atoms with van der Waals surface area (Å²) < 4.78 is 8.25. The van der Waals surface area contributed by atoms with E-state index in [0.29, 0.717) is 6.47 Å². The van der Waals surface area contributed by atoms with E-state index in [1.54, 1.807) is 0 Å². The Morgan fingerprint density at radius 3 is 1.60 bits per heavy atom. The predicted molar refractivity (Wildman–Crippen MR) is 9.01 cm³/mol. The molecule has 27 valence electrons. The van der Waals surface area contributed by atoms with Crippen molar-refractivity contribution >= 4 is 6.47 Å². The van der Waals surface area contributed by atoms with E-state index in [2.05, 4.69) is 0 Å². The fraction of sp³-hybridized carbons (Fsp3) is 0. The molecule has 5 heavy (non-hydrogen) atoms. The summed E-state index contributed by atoms with van der Waals surface area (Å²) in [5, 5.41) is 6.76. The summed E-state index contributed by atoms with van der Waals surface area (Å²) in [5.41, 5.74) is 0. The molecule has 0 aromatic carbocycles. The second kappa shape index (κ2) is 36.6. The van der Waals surface area contributed by atoms with Crippen LogP contribution in [-0.2, 0) is 28.5 Å². The topological polar surface area (TPSA) is 54.4 Å². The van der Waals surface area contributed by atoms with Crippen molar-refractivity contribution in [1.29, 1.82) is 0 Å². The SMILES string of the molecule is O=[C-]O.[O]=[Ti+].